The van der Waals surface area contributed by atoms with Gasteiger partial charge in [0.25, 0.3) is 0 Å². The average Bonchev–Trinajstić information content (AvgIpc) is 2.75. The number of nitrogens with two attached hydrogens (primary N) is 1. The molecule has 5 nitrogen and oxygen atoms in total. The van der Waals surface area contributed by atoms with E-state index in [2.05, 4.69) is 35.2 Å². The van der Waals surface area contributed by atoms with E-state index < -0.39 is 0 Å². The van der Waals surface area contributed by atoms with Crippen LogP contribution in [0.5, 0.6) is 11.5 Å². The summed E-state index contributed by atoms with van der Waals surface area (Å²) in [7, 11) is 1.65. The highest BCUT2D eigenvalue weighted by molar-refractivity contribution is 5.48. The molecule has 1 aliphatic heterocycles. The normalized spacial score (nSPS) is 24.4. The fraction of sp³-hybridized carbons (Fsp3) is 0.458. The Balaban J connectivity index is 1.73. The second-order valence-electron chi connectivity index (χ2n) is 8.02. The number of ether oxygens (including phenoxy) is 2. The highest BCUT2D eigenvalue weighted by atomic mass is 16.5. The number of methoxy groups -OCH3 is 1. The van der Waals surface area contributed by atoms with Crippen LogP contribution in [0.3, 0.4) is 0 Å². The maximum absolute atomic E-state index is 9.29. The van der Waals surface area contributed by atoms with E-state index in [1.54, 1.807) is 7.11 Å². The summed E-state index contributed by atoms with van der Waals surface area (Å²) in [6.07, 6.45) is 4.48. The van der Waals surface area contributed by atoms with Crippen LogP contribution in [0.1, 0.15) is 42.1 Å². The van der Waals surface area contributed by atoms with Crippen LogP contribution in [0.15, 0.2) is 42.5 Å². The topological polar surface area (TPSA) is 71.5 Å². The van der Waals surface area contributed by atoms with Gasteiger partial charge < -0.3 is 15.2 Å². The second kappa shape index (κ2) is 8.86. The fourth-order valence-electron chi connectivity index (χ4n) is 4.77. The Morgan fingerprint density at radius 2 is 2.03 bits per heavy atom. The molecule has 0 radical (unpaired) electrons. The van der Waals surface area contributed by atoms with Crippen molar-refractivity contribution in [2.45, 2.75) is 50.3 Å². The van der Waals surface area contributed by atoms with Crippen LogP contribution < -0.4 is 15.2 Å². The summed E-state index contributed by atoms with van der Waals surface area (Å²) in [5.74, 6) is 1.36. The van der Waals surface area contributed by atoms with Crippen LogP contribution >= 0.6 is 0 Å². The van der Waals surface area contributed by atoms with Gasteiger partial charge in [0.15, 0.2) is 11.5 Å². The largest absolute Gasteiger partial charge is 0.493 e. The van der Waals surface area contributed by atoms with Gasteiger partial charge in [0.1, 0.15) is 6.10 Å². The highest BCUT2D eigenvalue weighted by Crippen LogP contribution is 2.41. The molecule has 0 bridgehead atoms. The minimum atomic E-state index is -0.112. The number of nitriles is 1. The highest BCUT2D eigenvalue weighted by Gasteiger charge is 2.37. The average molecular weight is 392 g/mol. The molecular weight excluding hydrogens is 362 g/mol. The van der Waals surface area contributed by atoms with E-state index in [1.165, 1.54) is 11.1 Å². The minimum Gasteiger partial charge on any atom is -0.493 e. The van der Waals surface area contributed by atoms with E-state index in [4.69, 9.17) is 15.2 Å². The standard InChI is InChI=1S/C24H29N3O2/c1-28-22-10-4-7-18(13-14-25)23(22)29-24-20-9-3-2-6-17(20)11-12-21(24)27-15-5-8-19(26)16-27/h2-4,6-7,9-10,19,21,24H,5,8,11-13,15-16,26H2,1H3/t19-,21+,24+/m1/s1. The molecule has 1 heterocycles. The first-order chi connectivity index (χ1) is 14.2. The first-order valence-corrected chi connectivity index (χ1v) is 10.5. The zero-order valence-electron chi connectivity index (χ0n) is 17.0. The van der Waals surface area contributed by atoms with Crippen LogP contribution in [-0.4, -0.2) is 37.2 Å². The lowest BCUT2D eigenvalue weighted by atomic mass is 9.84. The van der Waals surface area contributed by atoms with Crippen molar-refractivity contribution in [1.82, 2.24) is 4.90 Å². The number of rotatable bonds is 5. The minimum absolute atomic E-state index is 0.112. The number of hydrogen-bond acceptors (Lipinski definition) is 5. The van der Waals surface area contributed by atoms with Gasteiger partial charge in [-0.05, 0) is 49.4 Å². The Labute approximate surface area is 173 Å². The first-order valence-electron chi connectivity index (χ1n) is 10.5. The molecule has 1 fully saturated rings. The van der Waals surface area contributed by atoms with E-state index in [-0.39, 0.29) is 18.2 Å². The van der Waals surface area contributed by atoms with E-state index in [0.29, 0.717) is 17.9 Å². The van der Waals surface area contributed by atoms with Crippen molar-refractivity contribution >= 4 is 0 Å². The predicted octanol–water partition coefficient (Wildman–Crippen LogP) is 3.62. The van der Waals surface area contributed by atoms with Gasteiger partial charge in [-0.15, -0.1) is 0 Å². The molecule has 0 amide bonds. The lowest BCUT2D eigenvalue weighted by Crippen LogP contribution is -2.51. The molecule has 0 saturated carbocycles. The fourth-order valence-corrected chi connectivity index (χ4v) is 4.77. The van der Waals surface area contributed by atoms with E-state index in [1.807, 2.05) is 18.2 Å². The van der Waals surface area contributed by atoms with E-state index >= 15 is 0 Å². The molecule has 2 aromatic carbocycles. The van der Waals surface area contributed by atoms with Gasteiger partial charge in [0.05, 0.1) is 25.6 Å². The zero-order chi connectivity index (χ0) is 20.2. The first kappa shape index (κ1) is 19.8. The SMILES string of the molecule is COc1cccc(CC#N)c1O[C@H]1c2ccccc2CC[C@@H]1N1CCC[C@@H](N)C1. The molecule has 4 rings (SSSR count). The third-order valence-electron chi connectivity index (χ3n) is 6.17. The molecule has 2 aromatic rings. The number of hydrogen-bond donors (Lipinski definition) is 1. The number of aryl methyl sites for hydroxylation is 1. The lowest BCUT2D eigenvalue weighted by Gasteiger charge is -2.43. The Morgan fingerprint density at radius 1 is 1.17 bits per heavy atom. The summed E-state index contributed by atoms with van der Waals surface area (Å²) in [6, 6.07) is 17.0. The van der Waals surface area contributed by atoms with Gasteiger partial charge in [0, 0.05) is 18.2 Å². The van der Waals surface area contributed by atoms with Gasteiger partial charge in [-0.2, -0.15) is 5.26 Å². The molecule has 152 valence electrons. The van der Waals surface area contributed by atoms with Crippen molar-refractivity contribution < 1.29 is 9.47 Å². The third kappa shape index (κ3) is 4.10. The lowest BCUT2D eigenvalue weighted by molar-refractivity contribution is 0.0349. The quantitative estimate of drug-likeness (QED) is 0.843. The molecule has 2 N–H and O–H groups in total. The number of benzene rings is 2. The molecule has 0 spiro atoms. The maximum Gasteiger partial charge on any atom is 0.166 e. The number of piperidine rings is 1. The number of nitrogens with zero attached hydrogens (tertiary/aromatic N) is 2. The molecule has 3 atom stereocenters. The third-order valence-corrected chi connectivity index (χ3v) is 6.17. The zero-order valence-corrected chi connectivity index (χ0v) is 17.0. The Hall–Kier alpha value is -2.55. The summed E-state index contributed by atoms with van der Waals surface area (Å²) in [5, 5.41) is 9.29. The van der Waals surface area contributed by atoms with Gasteiger partial charge in [-0.3, -0.25) is 4.90 Å². The monoisotopic (exact) mass is 391 g/mol. The Bertz CT molecular complexity index is 892. The van der Waals surface area contributed by atoms with E-state index in [9.17, 15) is 5.26 Å². The number of likely N-dealkylation sites (tertiary alicyclic amines) is 1. The summed E-state index contributed by atoms with van der Waals surface area (Å²) in [4.78, 5) is 2.51. The van der Waals surface area contributed by atoms with Gasteiger partial charge in [0.2, 0.25) is 0 Å². The van der Waals surface area contributed by atoms with Crippen LogP contribution in [0.25, 0.3) is 0 Å². The predicted molar refractivity (Wildman–Crippen MR) is 113 cm³/mol. The van der Waals surface area contributed by atoms with Crippen molar-refractivity contribution in [2.75, 3.05) is 20.2 Å². The van der Waals surface area contributed by atoms with Gasteiger partial charge >= 0.3 is 0 Å². The smallest absolute Gasteiger partial charge is 0.166 e. The van der Waals surface area contributed by atoms with Gasteiger partial charge in [-0.1, -0.05) is 36.4 Å². The summed E-state index contributed by atoms with van der Waals surface area (Å²) in [5.41, 5.74) is 9.73. The van der Waals surface area contributed by atoms with Crippen molar-refractivity contribution in [1.29, 1.82) is 5.26 Å². The molecular formula is C24H29N3O2. The Kier molecular flexibility index (Phi) is 6.03. The van der Waals surface area contributed by atoms with Crippen molar-refractivity contribution in [3.8, 4) is 17.6 Å². The van der Waals surface area contributed by atoms with Gasteiger partial charge in [-0.25, -0.2) is 0 Å². The van der Waals surface area contributed by atoms with Crippen LogP contribution in [0.2, 0.25) is 0 Å². The molecule has 5 heteroatoms. The van der Waals surface area contributed by atoms with Crippen LogP contribution in [-0.2, 0) is 12.8 Å². The molecule has 1 saturated heterocycles. The van der Waals surface area contributed by atoms with Crippen LogP contribution in [0, 0.1) is 11.3 Å². The van der Waals surface area contributed by atoms with E-state index in [0.717, 1.165) is 44.3 Å². The van der Waals surface area contributed by atoms with Crippen molar-refractivity contribution in [2.24, 2.45) is 5.73 Å². The van der Waals surface area contributed by atoms with Crippen LogP contribution in [0.4, 0.5) is 0 Å². The molecule has 1 aliphatic carbocycles. The van der Waals surface area contributed by atoms with Crippen molar-refractivity contribution in [3.05, 3.63) is 59.2 Å². The molecule has 29 heavy (non-hydrogen) atoms. The summed E-state index contributed by atoms with van der Waals surface area (Å²) >= 11 is 0. The molecule has 2 aliphatic rings. The summed E-state index contributed by atoms with van der Waals surface area (Å²) in [6.45, 7) is 1.96. The number of fused-ring (bicyclic) bond motifs is 1. The number of para-hydroxylation sites is 1. The molecule has 0 unspecified atom stereocenters. The second-order valence-corrected chi connectivity index (χ2v) is 8.02. The molecule has 0 aromatic heterocycles. The maximum atomic E-state index is 9.29. The summed E-state index contributed by atoms with van der Waals surface area (Å²) < 4.78 is 12.3. The van der Waals surface area contributed by atoms with Crippen molar-refractivity contribution in [3.63, 3.8) is 0 Å². The Morgan fingerprint density at radius 3 is 2.83 bits per heavy atom.